The summed E-state index contributed by atoms with van der Waals surface area (Å²) in [5, 5.41) is 4.79. The SMILES string of the molecule is CSCCCNC(=O)c1sccc1Br. The number of hydrogen-bond acceptors (Lipinski definition) is 3. The maximum atomic E-state index is 11.6. The van der Waals surface area contributed by atoms with Gasteiger partial charge in [-0.05, 0) is 45.8 Å². The molecular weight excluding hydrogens is 282 g/mol. The number of hydrogen-bond donors (Lipinski definition) is 1. The number of halogens is 1. The zero-order valence-corrected chi connectivity index (χ0v) is 11.1. The lowest BCUT2D eigenvalue weighted by Gasteiger charge is -2.02. The Kier molecular flexibility index (Phi) is 5.59. The molecule has 0 aliphatic heterocycles. The third-order valence-electron chi connectivity index (χ3n) is 1.63. The van der Waals surface area contributed by atoms with Gasteiger partial charge in [0.2, 0.25) is 0 Å². The quantitative estimate of drug-likeness (QED) is 0.846. The maximum absolute atomic E-state index is 11.6. The molecule has 5 heteroatoms. The fraction of sp³-hybridized carbons (Fsp3) is 0.444. The Morgan fingerprint density at radius 2 is 2.50 bits per heavy atom. The summed E-state index contributed by atoms with van der Waals surface area (Å²) in [4.78, 5) is 12.3. The van der Waals surface area contributed by atoms with E-state index in [0.29, 0.717) is 0 Å². The van der Waals surface area contributed by atoms with Crippen LogP contribution in [0.15, 0.2) is 15.9 Å². The van der Waals surface area contributed by atoms with Gasteiger partial charge in [-0.15, -0.1) is 11.3 Å². The minimum atomic E-state index is 0.0213. The van der Waals surface area contributed by atoms with Crippen molar-refractivity contribution in [3.63, 3.8) is 0 Å². The van der Waals surface area contributed by atoms with E-state index < -0.39 is 0 Å². The molecule has 0 atom stereocenters. The summed E-state index contributed by atoms with van der Waals surface area (Å²) >= 11 is 6.59. The standard InChI is InChI=1S/C9H12BrNOS2/c1-13-5-2-4-11-9(12)8-7(10)3-6-14-8/h3,6H,2,4-5H2,1H3,(H,11,12). The van der Waals surface area contributed by atoms with Crippen molar-refractivity contribution in [2.45, 2.75) is 6.42 Å². The van der Waals surface area contributed by atoms with Crippen LogP contribution in [0.1, 0.15) is 16.1 Å². The summed E-state index contributed by atoms with van der Waals surface area (Å²) in [6.07, 6.45) is 3.09. The van der Waals surface area contributed by atoms with E-state index in [1.807, 2.05) is 11.4 Å². The second kappa shape index (κ2) is 6.48. The fourth-order valence-electron chi connectivity index (χ4n) is 0.954. The zero-order valence-electron chi connectivity index (χ0n) is 7.88. The number of thioether (sulfide) groups is 1. The fourth-order valence-corrected chi connectivity index (χ4v) is 2.86. The first kappa shape index (κ1) is 12.1. The molecule has 1 heterocycles. The van der Waals surface area contributed by atoms with Gasteiger partial charge in [0.15, 0.2) is 0 Å². The van der Waals surface area contributed by atoms with Crippen molar-refractivity contribution in [2.75, 3.05) is 18.6 Å². The first-order chi connectivity index (χ1) is 6.75. The Hall–Kier alpha value is -0.000000000000000111. The summed E-state index contributed by atoms with van der Waals surface area (Å²) in [6, 6.07) is 1.89. The van der Waals surface area contributed by atoms with Gasteiger partial charge in [0, 0.05) is 11.0 Å². The molecule has 0 aromatic carbocycles. The molecule has 14 heavy (non-hydrogen) atoms. The predicted molar refractivity (Wildman–Crippen MR) is 67.4 cm³/mol. The average Bonchev–Trinajstić information content (AvgIpc) is 2.59. The molecule has 0 unspecified atom stereocenters. The summed E-state index contributed by atoms with van der Waals surface area (Å²) in [7, 11) is 0. The third kappa shape index (κ3) is 3.63. The van der Waals surface area contributed by atoms with Crippen molar-refractivity contribution in [1.82, 2.24) is 5.32 Å². The molecule has 0 aliphatic rings. The van der Waals surface area contributed by atoms with Gasteiger partial charge in [0.05, 0.1) is 0 Å². The molecule has 0 saturated heterocycles. The van der Waals surface area contributed by atoms with Crippen molar-refractivity contribution in [2.24, 2.45) is 0 Å². The molecule has 0 bridgehead atoms. The van der Waals surface area contributed by atoms with Crippen LogP contribution in [0.5, 0.6) is 0 Å². The van der Waals surface area contributed by atoms with E-state index in [1.54, 1.807) is 11.8 Å². The van der Waals surface area contributed by atoms with Gasteiger partial charge in [0.25, 0.3) is 5.91 Å². The van der Waals surface area contributed by atoms with Crippen LogP contribution in [0.4, 0.5) is 0 Å². The van der Waals surface area contributed by atoms with E-state index in [9.17, 15) is 4.79 Å². The minimum Gasteiger partial charge on any atom is -0.351 e. The van der Waals surface area contributed by atoms with Crippen LogP contribution in [0, 0.1) is 0 Å². The number of amides is 1. The highest BCUT2D eigenvalue weighted by atomic mass is 79.9. The van der Waals surface area contributed by atoms with E-state index in [1.165, 1.54) is 11.3 Å². The van der Waals surface area contributed by atoms with Gasteiger partial charge in [-0.2, -0.15) is 11.8 Å². The zero-order chi connectivity index (χ0) is 10.4. The number of rotatable bonds is 5. The molecule has 0 radical (unpaired) electrons. The van der Waals surface area contributed by atoms with Crippen LogP contribution in [0.3, 0.4) is 0 Å². The highest BCUT2D eigenvalue weighted by Gasteiger charge is 2.09. The van der Waals surface area contributed by atoms with Crippen molar-refractivity contribution in [3.8, 4) is 0 Å². The summed E-state index contributed by atoms with van der Waals surface area (Å²) < 4.78 is 0.880. The summed E-state index contributed by atoms with van der Waals surface area (Å²) in [6.45, 7) is 0.754. The number of nitrogens with one attached hydrogen (secondary N) is 1. The molecule has 78 valence electrons. The number of carbonyl (C=O) groups is 1. The van der Waals surface area contributed by atoms with Crippen LogP contribution in [-0.4, -0.2) is 24.5 Å². The molecule has 1 amide bonds. The molecule has 1 rings (SSSR count). The van der Waals surface area contributed by atoms with Crippen molar-refractivity contribution in [3.05, 3.63) is 20.8 Å². The van der Waals surface area contributed by atoms with Gasteiger partial charge in [-0.3, -0.25) is 4.79 Å². The lowest BCUT2D eigenvalue weighted by Crippen LogP contribution is -2.24. The normalized spacial score (nSPS) is 10.1. The number of thiophene rings is 1. The number of carbonyl (C=O) groups excluding carboxylic acids is 1. The first-order valence-corrected chi connectivity index (χ1v) is 7.32. The van der Waals surface area contributed by atoms with Crippen LogP contribution >= 0.6 is 39.0 Å². The van der Waals surface area contributed by atoms with E-state index >= 15 is 0 Å². The largest absolute Gasteiger partial charge is 0.351 e. The molecule has 1 aromatic heterocycles. The summed E-state index contributed by atoms with van der Waals surface area (Å²) in [5.74, 6) is 1.11. The van der Waals surface area contributed by atoms with Gasteiger partial charge in [-0.1, -0.05) is 0 Å². The van der Waals surface area contributed by atoms with Gasteiger partial charge >= 0.3 is 0 Å². The Balaban J connectivity index is 2.32. The Morgan fingerprint density at radius 3 is 3.07 bits per heavy atom. The van der Waals surface area contributed by atoms with E-state index in [0.717, 1.165) is 28.1 Å². The predicted octanol–water partition coefficient (Wildman–Crippen LogP) is 2.99. The monoisotopic (exact) mass is 293 g/mol. The molecule has 1 N–H and O–H groups in total. The molecular formula is C9H12BrNOS2. The Labute approximate surface area is 101 Å². The minimum absolute atomic E-state index is 0.0213. The molecule has 2 nitrogen and oxygen atoms in total. The van der Waals surface area contributed by atoms with Crippen molar-refractivity contribution in [1.29, 1.82) is 0 Å². The molecule has 0 saturated carbocycles. The third-order valence-corrected chi connectivity index (χ3v) is 4.17. The lowest BCUT2D eigenvalue weighted by atomic mass is 10.4. The van der Waals surface area contributed by atoms with E-state index in [4.69, 9.17) is 0 Å². The van der Waals surface area contributed by atoms with Crippen LogP contribution < -0.4 is 5.32 Å². The van der Waals surface area contributed by atoms with Gasteiger partial charge in [-0.25, -0.2) is 0 Å². The molecule has 1 aromatic rings. The van der Waals surface area contributed by atoms with Crippen LogP contribution in [0.25, 0.3) is 0 Å². The van der Waals surface area contributed by atoms with E-state index in [2.05, 4.69) is 27.5 Å². The van der Waals surface area contributed by atoms with Gasteiger partial charge in [0.1, 0.15) is 4.88 Å². The van der Waals surface area contributed by atoms with Crippen LogP contribution in [-0.2, 0) is 0 Å². The Morgan fingerprint density at radius 1 is 1.71 bits per heavy atom. The summed E-state index contributed by atoms with van der Waals surface area (Å²) in [5.41, 5.74) is 0. The van der Waals surface area contributed by atoms with Gasteiger partial charge < -0.3 is 5.32 Å². The van der Waals surface area contributed by atoms with E-state index in [-0.39, 0.29) is 5.91 Å². The Bertz CT molecular complexity index is 301. The average molecular weight is 294 g/mol. The smallest absolute Gasteiger partial charge is 0.262 e. The lowest BCUT2D eigenvalue weighted by molar-refractivity contribution is 0.0957. The van der Waals surface area contributed by atoms with Crippen molar-refractivity contribution < 1.29 is 4.79 Å². The maximum Gasteiger partial charge on any atom is 0.262 e. The second-order valence-electron chi connectivity index (χ2n) is 2.70. The molecule has 0 aliphatic carbocycles. The van der Waals surface area contributed by atoms with Crippen LogP contribution in [0.2, 0.25) is 0 Å². The molecule has 0 spiro atoms. The second-order valence-corrected chi connectivity index (χ2v) is 5.46. The highest BCUT2D eigenvalue weighted by Crippen LogP contribution is 2.22. The first-order valence-electron chi connectivity index (χ1n) is 4.26. The highest BCUT2D eigenvalue weighted by molar-refractivity contribution is 9.10. The topological polar surface area (TPSA) is 29.1 Å². The molecule has 0 fully saturated rings. The van der Waals surface area contributed by atoms with Crippen molar-refractivity contribution >= 4 is 44.9 Å².